The minimum atomic E-state index is -3.30. The topological polar surface area (TPSA) is 78.2 Å². The van der Waals surface area contributed by atoms with Crippen LogP contribution in [-0.4, -0.2) is 43.3 Å². The average molecular weight is 286 g/mol. The summed E-state index contributed by atoms with van der Waals surface area (Å²) in [5.41, 5.74) is 0. The molecule has 0 N–H and O–H groups in total. The molecule has 1 unspecified atom stereocenters. The highest BCUT2D eigenvalue weighted by Gasteiger charge is 2.37. The summed E-state index contributed by atoms with van der Waals surface area (Å²) in [4.78, 5) is 13.9. The second-order valence-electron chi connectivity index (χ2n) is 5.44. The lowest BCUT2D eigenvalue weighted by Crippen LogP contribution is -2.46. The molecule has 1 fully saturated rings. The van der Waals surface area contributed by atoms with Gasteiger partial charge in [-0.25, -0.2) is 8.42 Å². The van der Waals surface area contributed by atoms with Crippen molar-refractivity contribution >= 4 is 15.7 Å². The van der Waals surface area contributed by atoms with E-state index in [4.69, 9.17) is 5.26 Å². The minimum absolute atomic E-state index is 0.108. The Balaban J connectivity index is 2.82. The van der Waals surface area contributed by atoms with Gasteiger partial charge < -0.3 is 4.90 Å². The van der Waals surface area contributed by atoms with E-state index in [0.717, 1.165) is 6.42 Å². The number of hydrogen-bond donors (Lipinski definition) is 0. The van der Waals surface area contributed by atoms with E-state index in [1.807, 2.05) is 19.9 Å². The average Bonchev–Trinajstić information content (AvgIpc) is 2.32. The van der Waals surface area contributed by atoms with Crippen LogP contribution < -0.4 is 0 Å². The Morgan fingerprint density at radius 1 is 1.42 bits per heavy atom. The zero-order valence-corrected chi connectivity index (χ0v) is 12.4. The zero-order chi connectivity index (χ0) is 14.5. The maximum absolute atomic E-state index is 12.4. The van der Waals surface area contributed by atoms with Gasteiger partial charge in [0, 0.05) is 13.1 Å². The number of carbonyl (C=O) groups is 1. The van der Waals surface area contributed by atoms with Crippen LogP contribution in [0.3, 0.4) is 0 Å². The summed E-state index contributed by atoms with van der Waals surface area (Å²) in [5, 5.41) is 7.75. The molecule has 1 rings (SSSR count). The van der Waals surface area contributed by atoms with Gasteiger partial charge in [0.1, 0.15) is 5.25 Å². The van der Waals surface area contributed by atoms with E-state index in [9.17, 15) is 13.2 Å². The van der Waals surface area contributed by atoms with Crippen LogP contribution in [0, 0.1) is 17.2 Å². The van der Waals surface area contributed by atoms with E-state index >= 15 is 0 Å². The second-order valence-corrected chi connectivity index (χ2v) is 7.74. The van der Waals surface area contributed by atoms with Crippen molar-refractivity contribution in [2.24, 2.45) is 5.92 Å². The van der Waals surface area contributed by atoms with Gasteiger partial charge in [-0.15, -0.1) is 0 Å². The van der Waals surface area contributed by atoms with Crippen molar-refractivity contribution in [1.82, 2.24) is 4.90 Å². The molecule has 0 radical (unpaired) electrons. The molecule has 0 saturated carbocycles. The summed E-state index contributed by atoms with van der Waals surface area (Å²) in [5.74, 6) is 0.0505. The molecule has 1 saturated heterocycles. The van der Waals surface area contributed by atoms with E-state index in [-0.39, 0.29) is 24.0 Å². The van der Waals surface area contributed by atoms with Crippen LogP contribution in [0.5, 0.6) is 0 Å². The Bertz CT molecular complexity index is 451. The third-order valence-corrected chi connectivity index (χ3v) is 5.41. The fraction of sp³-hybridized carbons (Fsp3) is 0.846. The van der Waals surface area contributed by atoms with E-state index < -0.39 is 15.1 Å². The Morgan fingerprint density at radius 2 is 2.11 bits per heavy atom. The van der Waals surface area contributed by atoms with Gasteiger partial charge in [-0.1, -0.05) is 20.3 Å². The van der Waals surface area contributed by atoms with Gasteiger partial charge in [-0.2, -0.15) is 5.26 Å². The lowest BCUT2D eigenvalue weighted by atomic mass is 10.1. The van der Waals surface area contributed by atoms with Crippen molar-refractivity contribution in [3.05, 3.63) is 0 Å². The monoisotopic (exact) mass is 286 g/mol. The van der Waals surface area contributed by atoms with Crippen molar-refractivity contribution in [3.63, 3.8) is 0 Å². The van der Waals surface area contributed by atoms with Crippen LogP contribution in [0.25, 0.3) is 0 Å². The predicted octanol–water partition coefficient (Wildman–Crippen LogP) is 1.35. The van der Waals surface area contributed by atoms with Gasteiger partial charge in [0.15, 0.2) is 9.84 Å². The Kier molecular flexibility index (Phi) is 5.80. The summed E-state index contributed by atoms with van der Waals surface area (Å²) in [6.45, 7) is 4.77. The van der Waals surface area contributed by atoms with Crippen molar-refractivity contribution in [2.75, 3.05) is 18.8 Å². The molecule has 0 aromatic rings. The molecule has 1 heterocycles. The van der Waals surface area contributed by atoms with E-state index in [0.29, 0.717) is 25.9 Å². The number of rotatable bonds is 5. The molecule has 1 amide bonds. The highest BCUT2D eigenvalue weighted by Crippen LogP contribution is 2.22. The molecule has 5 nitrogen and oxygen atoms in total. The largest absolute Gasteiger partial charge is 0.340 e. The summed E-state index contributed by atoms with van der Waals surface area (Å²) >= 11 is 0. The second kappa shape index (κ2) is 6.90. The molecule has 0 aromatic heterocycles. The number of amides is 1. The number of nitriles is 1. The summed E-state index contributed by atoms with van der Waals surface area (Å²) in [6, 6.07) is 2.01. The lowest BCUT2D eigenvalue weighted by molar-refractivity contribution is -0.131. The van der Waals surface area contributed by atoms with Gasteiger partial charge in [0.25, 0.3) is 0 Å². The van der Waals surface area contributed by atoms with E-state index in [2.05, 4.69) is 0 Å². The first kappa shape index (κ1) is 16.0. The Hall–Kier alpha value is -1.09. The molecule has 0 bridgehead atoms. The quantitative estimate of drug-likeness (QED) is 0.764. The third-order valence-electron chi connectivity index (χ3n) is 3.24. The summed E-state index contributed by atoms with van der Waals surface area (Å²) in [6.07, 6.45) is 2.09. The SMILES string of the molecule is CC(C)CN(CCC#N)C(=O)C1CCCCS1(=O)=O. The highest BCUT2D eigenvalue weighted by molar-refractivity contribution is 7.92. The van der Waals surface area contributed by atoms with Gasteiger partial charge in [0.2, 0.25) is 5.91 Å². The van der Waals surface area contributed by atoms with Crippen LogP contribution >= 0.6 is 0 Å². The van der Waals surface area contributed by atoms with Crippen LogP contribution in [0.2, 0.25) is 0 Å². The van der Waals surface area contributed by atoms with Crippen LogP contribution in [0.1, 0.15) is 39.5 Å². The molecule has 0 aromatic carbocycles. The van der Waals surface area contributed by atoms with Crippen LogP contribution in [0.4, 0.5) is 0 Å². The summed E-state index contributed by atoms with van der Waals surface area (Å²) < 4.78 is 23.9. The summed E-state index contributed by atoms with van der Waals surface area (Å²) in [7, 11) is -3.30. The first-order valence-electron chi connectivity index (χ1n) is 6.75. The minimum Gasteiger partial charge on any atom is -0.340 e. The van der Waals surface area contributed by atoms with Crippen molar-refractivity contribution in [2.45, 2.75) is 44.8 Å². The molecular weight excluding hydrogens is 264 g/mol. The van der Waals surface area contributed by atoms with Crippen molar-refractivity contribution in [1.29, 1.82) is 5.26 Å². The molecule has 1 aliphatic rings. The van der Waals surface area contributed by atoms with Gasteiger partial charge >= 0.3 is 0 Å². The standard InChI is InChI=1S/C13H22N2O3S/c1-11(2)10-15(8-5-7-14)13(16)12-6-3-4-9-19(12,17)18/h11-12H,3-6,8-10H2,1-2H3. The van der Waals surface area contributed by atoms with Gasteiger partial charge in [-0.05, 0) is 18.8 Å². The highest BCUT2D eigenvalue weighted by atomic mass is 32.2. The maximum Gasteiger partial charge on any atom is 0.240 e. The molecule has 108 valence electrons. The van der Waals surface area contributed by atoms with Gasteiger partial charge in [0.05, 0.1) is 18.2 Å². The van der Waals surface area contributed by atoms with Crippen LogP contribution in [0.15, 0.2) is 0 Å². The fourth-order valence-electron chi connectivity index (χ4n) is 2.35. The number of hydrogen-bond acceptors (Lipinski definition) is 4. The third kappa shape index (κ3) is 4.50. The van der Waals surface area contributed by atoms with E-state index in [1.165, 1.54) is 0 Å². The van der Waals surface area contributed by atoms with Crippen molar-refractivity contribution < 1.29 is 13.2 Å². The molecule has 19 heavy (non-hydrogen) atoms. The molecule has 0 aliphatic carbocycles. The maximum atomic E-state index is 12.4. The van der Waals surface area contributed by atoms with Crippen LogP contribution in [-0.2, 0) is 14.6 Å². The number of carbonyl (C=O) groups excluding carboxylic acids is 1. The zero-order valence-electron chi connectivity index (χ0n) is 11.6. The molecular formula is C13H22N2O3S. The first-order valence-corrected chi connectivity index (χ1v) is 8.47. The molecule has 1 aliphatic heterocycles. The molecule has 6 heteroatoms. The van der Waals surface area contributed by atoms with Crippen molar-refractivity contribution in [3.8, 4) is 6.07 Å². The smallest absolute Gasteiger partial charge is 0.240 e. The molecule has 0 spiro atoms. The first-order chi connectivity index (χ1) is 8.88. The lowest BCUT2D eigenvalue weighted by Gasteiger charge is -2.29. The Morgan fingerprint density at radius 3 is 2.63 bits per heavy atom. The predicted molar refractivity (Wildman–Crippen MR) is 73.1 cm³/mol. The fourth-order valence-corrected chi connectivity index (χ4v) is 4.23. The molecule has 1 atom stereocenters. The number of sulfone groups is 1. The number of nitrogens with zero attached hydrogens (tertiary/aromatic N) is 2. The van der Waals surface area contributed by atoms with Gasteiger partial charge in [-0.3, -0.25) is 4.79 Å². The Labute approximate surface area is 115 Å². The normalized spacial score (nSPS) is 21.9. The van der Waals surface area contributed by atoms with E-state index in [1.54, 1.807) is 4.90 Å².